The van der Waals surface area contributed by atoms with Gasteiger partial charge in [0.15, 0.2) is 0 Å². The Hall–Kier alpha value is -3.32. The zero-order valence-corrected chi connectivity index (χ0v) is 22.6. The summed E-state index contributed by atoms with van der Waals surface area (Å²) in [5, 5.41) is 18.4. The molecule has 0 bridgehead atoms. The first-order valence-electron chi connectivity index (χ1n) is 13.4. The minimum atomic E-state index is -0.329. The first kappa shape index (κ1) is 26.7. The molecule has 1 aromatic heterocycles. The highest BCUT2D eigenvalue weighted by Gasteiger charge is 2.42. The molecule has 198 valence electrons. The minimum Gasteiger partial charge on any atom is -0.507 e. The van der Waals surface area contributed by atoms with Crippen LogP contribution < -0.4 is 4.74 Å². The van der Waals surface area contributed by atoms with Crippen molar-refractivity contribution in [3.8, 4) is 22.8 Å². The fourth-order valence-corrected chi connectivity index (χ4v) is 4.96. The number of carbonyl (C=O) groups excluding carboxylic acids is 1. The second-order valence-electron chi connectivity index (χ2n) is 10.1. The number of nitrogens with zero attached hydrogens (tertiary/aromatic N) is 2. The maximum atomic E-state index is 13.6. The van der Waals surface area contributed by atoms with Crippen LogP contribution in [0.1, 0.15) is 85.2 Å². The van der Waals surface area contributed by atoms with E-state index in [1.807, 2.05) is 69.0 Å². The molecule has 3 aromatic rings. The Morgan fingerprint density at radius 2 is 1.84 bits per heavy atom. The van der Waals surface area contributed by atoms with E-state index in [1.54, 1.807) is 0 Å². The van der Waals surface area contributed by atoms with E-state index in [0.29, 0.717) is 36.7 Å². The number of aromatic nitrogens is 2. The van der Waals surface area contributed by atoms with E-state index in [2.05, 4.69) is 17.1 Å². The summed E-state index contributed by atoms with van der Waals surface area (Å²) in [6.45, 7) is 11.9. The third-order valence-electron chi connectivity index (χ3n) is 6.77. The molecule has 0 saturated heterocycles. The SMILES string of the molecule is CCCCCOc1ccc(C2c3c(-c4cc(C)cc(C)c4O)n[nH]c3C(=O)N2CCCOC(C)C)cc1. The number of ether oxygens (including phenoxy) is 2. The van der Waals surface area contributed by atoms with Gasteiger partial charge >= 0.3 is 0 Å². The molecule has 2 N–H and O–H groups in total. The maximum absolute atomic E-state index is 13.6. The number of H-pyrrole nitrogens is 1. The second-order valence-corrected chi connectivity index (χ2v) is 10.1. The lowest BCUT2D eigenvalue weighted by atomic mass is 9.94. The van der Waals surface area contributed by atoms with Crippen LogP contribution in [0.25, 0.3) is 11.3 Å². The molecule has 1 unspecified atom stereocenters. The molecule has 1 atom stereocenters. The highest BCUT2D eigenvalue weighted by molar-refractivity contribution is 6.00. The van der Waals surface area contributed by atoms with Gasteiger partial charge in [-0.15, -0.1) is 0 Å². The number of hydrogen-bond acceptors (Lipinski definition) is 5. The van der Waals surface area contributed by atoms with Gasteiger partial charge in [-0.25, -0.2) is 0 Å². The van der Waals surface area contributed by atoms with E-state index >= 15 is 0 Å². The van der Waals surface area contributed by atoms with Gasteiger partial charge in [-0.3, -0.25) is 9.89 Å². The van der Waals surface area contributed by atoms with Gasteiger partial charge in [-0.05, 0) is 75.4 Å². The Labute approximate surface area is 219 Å². The van der Waals surface area contributed by atoms with E-state index in [4.69, 9.17) is 9.47 Å². The lowest BCUT2D eigenvalue weighted by molar-refractivity contribution is 0.0601. The third-order valence-corrected chi connectivity index (χ3v) is 6.77. The van der Waals surface area contributed by atoms with E-state index in [-0.39, 0.29) is 23.8 Å². The zero-order chi connectivity index (χ0) is 26.5. The van der Waals surface area contributed by atoms with Gasteiger partial charge in [0.05, 0.1) is 18.8 Å². The van der Waals surface area contributed by atoms with Crippen molar-refractivity contribution < 1.29 is 19.4 Å². The van der Waals surface area contributed by atoms with Crippen molar-refractivity contribution in [2.45, 2.75) is 72.4 Å². The molecular weight excluding hydrogens is 466 g/mol. The van der Waals surface area contributed by atoms with Crippen molar-refractivity contribution in [1.82, 2.24) is 15.1 Å². The topological polar surface area (TPSA) is 87.7 Å². The number of benzene rings is 2. The lowest BCUT2D eigenvalue weighted by Gasteiger charge is -2.27. The van der Waals surface area contributed by atoms with Crippen molar-refractivity contribution in [3.63, 3.8) is 0 Å². The Bertz CT molecular complexity index is 1220. The fourth-order valence-electron chi connectivity index (χ4n) is 4.96. The van der Waals surface area contributed by atoms with Crippen LogP contribution in [0.5, 0.6) is 11.5 Å². The van der Waals surface area contributed by atoms with Crippen LogP contribution in [-0.2, 0) is 4.74 Å². The first-order chi connectivity index (χ1) is 17.8. The zero-order valence-electron chi connectivity index (χ0n) is 22.6. The van der Waals surface area contributed by atoms with Crippen LogP contribution in [0.3, 0.4) is 0 Å². The number of aromatic hydroxyl groups is 1. The van der Waals surface area contributed by atoms with E-state index in [0.717, 1.165) is 53.7 Å². The number of rotatable bonds is 12. The van der Waals surface area contributed by atoms with Gasteiger partial charge in [0, 0.05) is 24.3 Å². The number of fused-ring (bicyclic) bond motifs is 1. The number of aromatic amines is 1. The largest absolute Gasteiger partial charge is 0.507 e. The predicted molar refractivity (Wildman–Crippen MR) is 145 cm³/mol. The third kappa shape index (κ3) is 5.82. The lowest BCUT2D eigenvalue weighted by Crippen LogP contribution is -2.31. The van der Waals surface area contributed by atoms with Crippen LogP contribution in [0.4, 0.5) is 0 Å². The number of phenols is 1. The number of hydrogen-bond donors (Lipinski definition) is 2. The summed E-state index contributed by atoms with van der Waals surface area (Å²) in [6, 6.07) is 11.5. The van der Waals surface area contributed by atoms with Gasteiger partial charge in [-0.2, -0.15) is 5.10 Å². The van der Waals surface area contributed by atoms with Gasteiger partial charge in [0.1, 0.15) is 22.9 Å². The fraction of sp³-hybridized carbons (Fsp3) is 0.467. The van der Waals surface area contributed by atoms with E-state index < -0.39 is 0 Å². The number of aryl methyl sites for hydroxylation is 2. The number of unbranched alkanes of at least 4 members (excludes halogenated alkanes) is 2. The van der Waals surface area contributed by atoms with Crippen LogP contribution >= 0.6 is 0 Å². The summed E-state index contributed by atoms with van der Waals surface area (Å²) in [5.74, 6) is 0.915. The first-order valence-corrected chi connectivity index (χ1v) is 13.4. The van der Waals surface area contributed by atoms with Gasteiger partial charge in [0.25, 0.3) is 5.91 Å². The standard InChI is InChI=1S/C30H39N3O4/c1-6-7-8-15-37-23-12-10-22(11-13-23)28-25-26(24-18-20(4)17-21(5)29(24)34)31-32-27(25)30(35)33(28)14-9-16-36-19(2)3/h10-13,17-19,28,34H,6-9,14-16H2,1-5H3,(H,31,32). The Kier molecular flexibility index (Phi) is 8.54. The van der Waals surface area contributed by atoms with Crippen molar-refractivity contribution in [3.05, 3.63) is 64.3 Å². The Balaban J connectivity index is 1.69. The maximum Gasteiger partial charge on any atom is 0.273 e. The summed E-state index contributed by atoms with van der Waals surface area (Å²) in [6.07, 6.45) is 4.20. The monoisotopic (exact) mass is 505 g/mol. The van der Waals surface area contributed by atoms with Gasteiger partial charge in [0.2, 0.25) is 0 Å². The number of nitrogens with one attached hydrogen (secondary N) is 1. The highest BCUT2D eigenvalue weighted by Crippen LogP contribution is 2.45. The Morgan fingerprint density at radius 1 is 1.08 bits per heavy atom. The van der Waals surface area contributed by atoms with Crippen LogP contribution in [0.15, 0.2) is 36.4 Å². The molecule has 1 amide bonds. The van der Waals surface area contributed by atoms with Crippen molar-refractivity contribution in [1.29, 1.82) is 0 Å². The average molecular weight is 506 g/mol. The molecular formula is C30H39N3O4. The van der Waals surface area contributed by atoms with Crippen LogP contribution in [0, 0.1) is 13.8 Å². The summed E-state index contributed by atoms with van der Waals surface area (Å²) in [7, 11) is 0. The smallest absolute Gasteiger partial charge is 0.273 e. The molecule has 2 heterocycles. The molecule has 1 aliphatic rings. The molecule has 0 saturated carbocycles. The number of carbonyl (C=O) groups is 1. The van der Waals surface area contributed by atoms with Crippen LogP contribution in [-0.4, -0.2) is 52.0 Å². The van der Waals surface area contributed by atoms with Crippen molar-refractivity contribution in [2.24, 2.45) is 0 Å². The molecule has 0 spiro atoms. The van der Waals surface area contributed by atoms with Crippen molar-refractivity contribution in [2.75, 3.05) is 19.8 Å². The average Bonchev–Trinajstić information content (AvgIpc) is 3.41. The highest BCUT2D eigenvalue weighted by atomic mass is 16.5. The molecule has 0 fully saturated rings. The molecule has 7 heteroatoms. The molecule has 4 rings (SSSR count). The molecule has 0 aliphatic carbocycles. The van der Waals surface area contributed by atoms with Gasteiger partial charge in [-0.1, -0.05) is 38.0 Å². The summed E-state index contributed by atoms with van der Waals surface area (Å²) in [5.41, 5.74) is 5.29. The molecule has 0 radical (unpaired) electrons. The quantitative estimate of drug-likeness (QED) is 0.281. The van der Waals surface area contributed by atoms with Crippen LogP contribution in [0.2, 0.25) is 0 Å². The number of amides is 1. The predicted octanol–water partition coefficient (Wildman–Crippen LogP) is 6.33. The molecule has 7 nitrogen and oxygen atoms in total. The summed E-state index contributed by atoms with van der Waals surface area (Å²) >= 11 is 0. The molecule has 2 aromatic carbocycles. The van der Waals surface area contributed by atoms with E-state index in [9.17, 15) is 9.90 Å². The summed E-state index contributed by atoms with van der Waals surface area (Å²) < 4.78 is 11.7. The molecule has 37 heavy (non-hydrogen) atoms. The summed E-state index contributed by atoms with van der Waals surface area (Å²) in [4.78, 5) is 15.5. The number of phenolic OH excluding ortho intramolecular Hbond substituents is 1. The normalized spacial score (nSPS) is 15.0. The minimum absolute atomic E-state index is 0.0907. The van der Waals surface area contributed by atoms with E-state index in [1.165, 1.54) is 0 Å². The molecule has 1 aliphatic heterocycles. The van der Waals surface area contributed by atoms with Crippen molar-refractivity contribution >= 4 is 5.91 Å². The van der Waals surface area contributed by atoms with Gasteiger partial charge < -0.3 is 19.5 Å². The second kappa shape index (κ2) is 11.8. The Morgan fingerprint density at radius 3 is 2.54 bits per heavy atom.